The molecule has 1 aliphatic heterocycles. The number of fused-ring (bicyclic) bond motifs is 1. The van der Waals surface area contributed by atoms with Crippen molar-refractivity contribution in [2.75, 3.05) is 7.11 Å². The maximum Gasteiger partial charge on any atom is 0.212 e. The fraction of sp³-hybridized carbons (Fsp3) is 0.267. The maximum atomic E-state index is 10.2. The Morgan fingerprint density at radius 3 is 2.90 bits per heavy atom. The number of rotatable bonds is 2. The Bertz CT molecular complexity index is 615. The van der Waals surface area contributed by atoms with E-state index in [2.05, 4.69) is 4.98 Å². The number of methoxy groups -OCH3 is 1. The first-order valence-electron chi connectivity index (χ1n) is 6.31. The highest BCUT2D eigenvalue weighted by molar-refractivity contribution is 6.30. The molecule has 1 aliphatic rings. The van der Waals surface area contributed by atoms with E-state index in [0.717, 1.165) is 11.1 Å². The first-order valence-corrected chi connectivity index (χ1v) is 6.69. The minimum atomic E-state index is -0.593. The lowest BCUT2D eigenvalue weighted by Crippen LogP contribution is -2.19. The number of pyridine rings is 1. The number of aliphatic hydroxyl groups excluding tert-OH is 1. The summed E-state index contributed by atoms with van der Waals surface area (Å²) >= 11 is 5.94. The van der Waals surface area contributed by atoms with E-state index in [0.29, 0.717) is 23.1 Å². The second-order valence-electron chi connectivity index (χ2n) is 4.67. The van der Waals surface area contributed by atoms with Crippen LogP contribution in [0.5, 0.6) is 11.6 Å². The standard InChI is InChI=1S/C15H14ClNO3/c1-19-15-5-2-9(8-17-15)14-7-12(18)11-6-10(16)3-4-13(11)20-14/h2-6,8,12,14,18H,7H2,1H3/t12-,14?/m0/s1. The predicted molar refractivity (Wildman–Crippen MR) is 75.2 cm³/mol. The fourth-order valence-corrected chi connectivity index (χ4v) is 2.51. The van der Waals surface area contributed by atoms with Crippen molar-refractivity contribution < 1.29 is 14.6 Å². The Morgan fingerprint density at radius 1 is 1.35 bits per heavy atom. The van der Waals surface area contributed by atoms with Crippen LogP contribution in [0, 0.1) is 0 Å². The van der Waals surface area contributed by atoms with Crippen molar-refractivity contribution in [3.8, 4) is 11.6 Å². The summed E-state index contributed by atoms with van der Waals surface area (Å²) in [6, 6.07) is 8.95. The average molecular weight is 292 g/mol. The Labute approximate surface area is 121 Å². The minimum absolute atomic E-state index is 0.225. The summed E-state index contributed by atoms with van der Waals surface area (Å²) in [6.45, 7) is 0. The van der Waals surface area contributed by atoms with Gasteiger partial charge in [0.1, 0.15) is 11.9 Å². The van der Waals surface area contributed by atoms with Gasteiger partial charge in [-0.2, -0.15) is 0 Å². The molecule has 2 atom stereocenters. The smallest absolute Gasteiger partial charge is 0.212 e. The van der Waals surface area contributed by atoms with Crippen molar-refractivity contribution in [2.45, 2.75) is 18.6 Å². The van der Waals surface area contributed by atoms with Crippen LogP contribution in [0.1, 0.15) is 29.8 Å². The number of aliphatic hydroxyl groups is 1. The molecule has 1 aromatic carbocycles. The topological polar surface area (TPSA) is 51.6 Å². The van der Waals surface area contributed by atoms with Crippen LogP contribution >= 0.6 is 11.6 Å². The van der Waals surface area contributed by atoms with Crippen LogP contribution in [0.15, 0.2) is 36.5 Å². The van der Waals surface area contributed by atoms with Gasteiger partial charge in [0.25, 0.3) is 0 Å². The lowest BCUT2D eigenvalue weighted by Gasteiger charge is -2.29. The summed E-state index contributed by atoms with van der Waals surface area (Å²) < 4.78 is 10.9. The Kier molecular flexibility index (Phi) is 3.51. The highest BCUT2D eigenvalue weighted by Gasteiger charge is 2.28. The summed E-state index contributed by atoms with van der Waals surface area (Å²) in [7, 11) is 1.57. The second-order valence-corrected chi connectivity index (χ2v) is 5.11. The van der Waals surface area contributed by atoms with Crippen LogP contribution in [0.25, 0.3) is 0 Å². The number of ether oxygens (including phenoxy) is 2. The molecule has 0 bridgehead atoms. The van der Waals surface area contributed by atoms with Gasteiger partial charge in [-0.25, -0.2) is 4.98 Å². The molecule has 3 rings (SSSR count). The quantitative estimate of drug-likeness (QED) is 0.922. The lowest BCUT2D eigenvalue weighted by molar-refractivity contribution is 0.0655. The van der Waals surface area contributed by atoms with E-state index in [9.17, 15) is 5.11 Å². The molecule has 0 radical (unpaired) electrons. The molecule has 2 aromatic rings. The normalized spacial score (nSPS) is 20.9. The summed E-state index contributed by atoms with van der Waals surface area (Å²) in [5, 5.41) is 10.8. The van der Waals surface area contributed by atoms with E-state index in [4.69, 9.17) is 21.1 Å². The van der Waals surface area contributed by atoms with E-state index in [1.165, 1.54) is 0 Å². The zero-order valence-electron chi connectivity index (χ0n) is 10.9. The van der Waals surface area contributed by atoms with Crippen molar-refractivity contribution in [1.82, 2.24) is 4.98 Å². The third-order valence-corrected chi connectivity index (χ3v) is 3.61. The predicted octanol–water partition coefficient (Wildman–Crippen LogP) is 3.30. The highest BCUT2D eigenvalue weighted by Crippen LogP contribution is 2.41. The SMILES string of the molecule is COc1ccc(C2C[C@H](O)c3cc(Cl)ccc3O2)cn1. The van der Waals surface area contributed by atoms with Crippen LogP contribution in [0.4, 0.5) is 0 Å². The van der Waals surface area contributed by atoms with Crippen molar-refractivity contribution in [3.05, 3.63) is 52.7 Å². The fourth-order valence-electron chi connectivity index (χ4n) is 2.33. The first kappa shape index (κ1) is 13.2. The number of nitrogens with zero attached hydrogens (tertiary/aromatic N) is 1. The molecule has 0 aliphatic carbocycles. The van der Waals surface area contributed by atoms with Gasteiger partial charge < -0.3 is 14.6 Å². The molecule has 0 saturated carbocycles. The molecule has 104 valence electrons. The number of benzene rings is 1. The summed E-state index contributed by atoms with van der Waals surface area (Å²) in [6.07, 6.45) is 1.36. The second kappa shape index (κ2) is 5.31. The summed E-state index contributed by atoms with van der Waals surface area (Å²) in [5.74, 6) is 1.21. The summed E-state index contributed by atoms with van der Waals surface area (Å²) in [5.41, 5.74) is 1.64. The molecule has 20 heavy (non-hydrogen) atoms. The van der Waals surface area contributed by atoms with Crippen LogP contribution < -0.4 is 9.47 Å². The minimum Gasteiger partial charge on any atom is -0.485 e. The molecular weight excluding hydrogens is 278 g/mol. The number of hydrogen-bond acceptors (Lipinski definition) is 4. The summed E-state index contributed by atoms with van der Waals surface area (Å²) in [4.78, 5) is 4.16. The van der Waals surface area contributed by atoms with Crippen LogP contribution in [0.3, 0.4) is 0 Å². The molecule has 1 N–H and O–H groups in total. The largest absolute Gasteiger partial charge is 0.485 e. The monoisotopic (exact) mass is 291 g/mol. The van der Waals surface area contributed by atoms with E-state index < -0.39 is 6.10 Å². The molecule has 0 fully saturated rings. The van der Waals surface area contributed by atoms with E-state index in [1.54, 1.807) is 37.6 Å². The Balaban J connectivity index is 1.88. The number of hydrogen-bond donors (Lipinski definition) is 1. The van der Waals surface area contributed by atoms with Gasteiger partial charge in [-0.3, -0.25) is 0 Å². The highest BCUT2D eigenvalue weighted by atomic mass is 35.5. The van der Waals surface area contributed by atoms with Gasteiger partial charge >= 0.3 is 0 Å². The van der Waals surface area contributed by atoms with Crippen molar-refractivity contribution >= 4 is 11.6 Å². The van der Waals surface area contributed by atoms with Crippen LogP contribution in [-0.2, 0) is 0 Å². The van der Waals surface area contributed by atoms with Crippen molar-refractivity contribution in [1.29, 1.82) is 0 Å². The molecule has 5 heteroatoms. The van der Waals surface area contributed by atoms with Crippen LogP contribution in [-0.4, -0.2) is 17.2 Å². The van der Waals surface area contributed by atoms with Crippen molar-refractivity contribution in [2.24, 2.45) is 0 Å². The first-order chi connectivity index (χ1) is 9.67. The molecule has 0 spiro atoms. The van der Waals surface area contributed by atoms with Gasteiger partial charge in [0, 0.05) is 34.8 Å². The Morgan fingerprint density at radius 2 is 2.20 bits per heavy atom. The number of halogens is 1. The molecule has 1 aromatic heterocycles. The van der Waals surface area contributed by atoms with Gasteiger partial charge in [-0.1, -0.05) is 11.6 Å². The molecule has 0 amide bonds. The molecule has 1 unspecified atom stereocenters. The third kappa shape index (κ3) is 2.44. The molecule has 2 heterocycles. The zero-order valence-corrected chi connectivity index (χ0v) is 11.7. The molecular formula is C15H14ClNO3. The van der Waals surface area contributed by atoms with E-state index in [-0.39, 0.29) is 6.10 Å². The van der Waals surface area contributed by atoms with E-state index >= 15 is 0 Å². The van der Waals surface area contributed by atoms with Crippen molar-refractivity contribution in [3.63, 3.8) is 0 Å². The maximum absolute atomic E-state index is 10.2. The van der Waals surface area contributed by atoms with E-state index in [1.807, 2.05) is 6.07 Å². The third-order valence-electron chi connectivity index (χ3n) is 3.38. The van der Waals surface area contributed by atoms with Gasteiger partial charge in [0.15, 0.2) is 0 Å². The number of aromatic nitrogens is 1. The molecule has 4 nitrogen and oxygen atoms in total. The van der Waals surface area contributed by atoms with Gasteiger partial charge in [0.05, 0.1) is 13.2 Å². The Hall–Kier alpha value is -1.78. The zero-order chi connectivity index (χ0) is 14.1. The van der Waals surface area contributed by atoms with Gasteiger partial charge in [-0.05, 0) is 24.3 Å². The lowest BCUT2D eigenvalue weighted by atomic mass is 9.96. The average Bonchev–Trinajstić information content (AvgIpc) is 2.48. The van der Waals surface area contributed by atoms with Crippen LogP contribution in [0.2, 0.25) is 5.02 Å². The van der Waals surface area contributed by atoms with Gasteiger partial charge in [0.2, 0.25) is 5.88 Å². The van der Waals surface area contributed by atoms with Gasteiger partial charge in [-0.15, -0.1) is 0 Å². The molecule has 0 saturated heterocycles.